The topological polar surface area (TPSA) is 47.6 Å². The van der Waals surface area contributed by atoms with Crippen molar-refractivity contribution in [2.24, 2.45) is 5.92 Å². The lowest BCUT2D eigenvalue weighted by atomic mass is 10.1. The molecule has 0 radical (unpaired) electrons. The number of halogens is 1. The van der Waals surface area contributed by atoms with E-state index in [0.29, 0.717) is 18.4 Å². The van der Waals surface area contributed by atoms with Crippen molar-refractivity contribution in [1.29, 1.82) is 0 Å². The summed E-state index contributed by atoms with van der Waals surface area (Å²) in [7, 11) is 0. The van der Waals surface area contributed by atoms with Gasteiger partial charge < -0.3 is 5.32 Å². The maximum Gasteiger partial charge on any atom is 0.376 e. The Morgan fingerprint density at radius 2 is 2.16 bits per heavy atom. The van der Waals surface area contributed by atoms with E-state index in [-0.39, 0.29) is 5.56 Å². The van der Waals surface area contributed by atoms with Crippen molar-refractivity contribution in [3.05, 3.63) is 35.1 Å². The van der Waals surface area contributed by atoms with Crippen LogP contribution in [0.15, 0.2) is 18.2 Å². The molecular formula is C14H16FNO3. The van der Waals surface area contributed by atoms with E-state index in [1.807, 2.05) is 0 Å². The molecular weight excluding hydrogens is 249 g/mol. The third kappa shape index (κ3) is 2.93. The van der Waals surface area contributed by atoms with Gasteiger partial charge in [0.1, 0.15) is 5.82 Å². The van der Waals surface area contributed by atoms with Crippen LogP contribution in [-0.2, 0) is 9.78 Å². The Balaban J connectivity index is 1.59. The smallest absolute Gasteiger partial charge is 0.316 e. The quantitative estimate of drug-likeness (QED) is 0.653. The van der Waals surface area contributed by atoms with Crippen molar-refractivity contribution in [3.63, 3.8) is 0 Å². The number of rotatable bonds is 5. The van der Waals surface area contributed by atoms with Crippen molar-refractivity contribution in [2.45, 2.75) is 18.8 Å². The maximum atomic E-state index is 13.6. The van der Waals surface area contributed by atoms with Gasteiger partial charge in [-0.25, -0.2) is 9.18 Å². The first-order chi connectivity index (χ1) is 9.24. The van der Waals surface area contributed by atoms with Crippen LogP contribution >= 0.6 is 0 Å². The molecule has 1 N–H and O–H groups in total. The average molecular weight is 265 g/mol. The second-order valence-electron chi connectivity index (χ2n) is 5.19. The van der Waals surface area contributed by atoms with E-state index in [0.717, 1.165) is 31.5 Å². The molecule has 5 heteroatoms. The van der Waals surface area contributed by atoms with Crippen molar-refractivity contribution in [2.75, 3.05) is 19.7 Å². The third-order valence-electron chi connectivity index (χ3n) is 3.56. The minimum Gasteiger partial charge on any atom is -0.316 e. The molecule has 0 spiro atoms. The van der Waals surface area contributed by atoms with E-state index < -0.39 is 11.8 Å². The summed E-state index contributed by atoms with van der Waals surface area (Å²) in [5, 5.41) is 3.09. The Labute approximate surface area is 110 Å². The van der Waals surface area contributed by atoms with Crippen LogP contribution in [0.5, 0.6) is 0 Å². The molecule has 2 aliphatic rings. The Bertz CT molecular complexity index is 484. The molecule has 19 heavy (non-hydrogen) atoms. The molecule has 0 unspecified atom stereocenters. The fourth-order valence-corrected chi connectivity index (χ4v) is 2.06. The molecule has 1 aliphatic heterocycles. The molecule has 1 heterocycles. The first-order valence-corrected chi connectivity index (χ1v) is 6.58. The highest BCUT2D eigenvalue weighted by atomic mass is 19.1. The van der Waals surface area contributed by atoms with Gasteiger partial charge in [-0.3, -0.25) is 4.89 Å². The summed E-state index contributed by atoms with van der Waals surface area (Å²) in [4.78, 5) is 21.3. The van der Waals surface area contributed by atoms with E-state index in [2.05, 4.69) is 10.2 Å². The standard InChI is InChI=1S/C14H16FNO3/c15-13-4-3-11(10-1-2-10)5-12(13)14(17)19-18-8-9-6-16-7-9/h3-5,9-10,16H,1-2,6-8H2. The summed E-state index contributed by atoms with van der Waals surface area (Å²) in [6.45, 7) is 2.08. The van der Waals surface area contributed by atoms with Gasteiger partial charge in [0.25, 0.3) is 0 Å². The lowest BCUT2D eigenvalue weighted by Gasteiger charge is -2.25. The van der Waals surface area contributed by atoms with Crippen LogP contribution < -0.4 is 5.32 Å². The zero-order valence-electron chi connectivity index (χ0n) is 10.5. The van der Waals surface area contributed by atoms with E-state index in [1.54, 1.807) is 12.1 Å². The maximum absolute atomic E-state index is 13.6. The molecule has 0 bridgehead atoms. The fourth-order valence-electron chi connectivity index (χ4n) is 2.06. The van der Waals surface area contributed by atoms with Gasteiger partial charge in [-0.05, 0) is 36.5 Å². The van der Waals surface area contributed by atoms with Crippen LogP contribution in [0.1, 0.15) is 34.7 Å². The summed E-state index contributed by atoms with van der Waals surface area (Å²) >= 11 is 0. The SMILES string of the molecule is O=C(OOCC1CNC1)c1cc(C2CC2)ccc1F. The zero-order valence-corrected chi connectivity index (χ0v) is 10.5. The molecule has 3 rings (SSSR count). The summed E-state index contributed by atoms with van der Waals surface area (Å²) in [6, 6.07) is 4.62. The molecule has 0 aromatic heterocycles. The van der Waals surface area contributed by atoms with Gasteiger partial charge in [0, 0.05) is 19.0 Å². The fraction of sp³-hybridized carbons (Fsp3) is 0.500. The lowest BCUT2D eigenvalue weighted by molar-refractivity contribution is -0.251. The van der Waals surface area contributed by atoms with E-state index >= 15 is 0 Å². The summed E-state index contributed by atoms with van der Waals surface area (Å²) in [5.74, 6) is -0.486. The minimum absolute atomic E-state index is 0.0452. The zero-order chi connectivity index (χ0) is 13.2. The van der Waals surface area contributed by atoms with E-state index in [9.17, 15) is 9.18 Å². The van der Waals surface area contributed by atoms with Gasteiger partial charge in [-0.2, -0.15) is 4.89 Å². The largest absolute Gasteiger partial charge is 0.376 e. The van der Waals surface area contributed by atoms with Crippen LogP contribution in [0.25, 0.3) is 0 Å². The van der Waals surface area contributed by atoms with E-state index in [1.165, 1.54) is 6.07 Å². The Kier molecular flexibility index (Phi) is 3.48. The van der Waals surface area contributed by atoms with Gasteiger partial charge in [0.15, 0.2) is 0 Å². The molecule has 1 aliphatic carbocycles. The number of hydrogen-bond acceptors (Lipinski definition) is 4. The minimum atomic E-state index is -0.757. The van der Waals surface area contributed by atoms with E-state index in [4.69, 9.17) is 4.89 Å². The molecule has 0 atom stereocenters. The summed E-state index contributed by atoms with van der Waals surface area (Å²) in [6.07, 6.45) is 2.20. The number of carbonyl (C=O) groups excluding carboxylic acids is 1. The predicted octanol–water partition coefficient (Wildman–Crippen LogP) is 2.01. The van der Waals surface area contributed by atoms with Crippen LogP contribution in [-0.4, -0.2) is 25.7 Å². The molecule has 1 aromatic carbocycles. The van der Waals surface area contributed by atoms with Crippen molar-refractivity contribution in [3.8, 4) is 0 Å². The van der Waals surface area contributed by atoms with Crippen molar-refractivity contribution >= 4 is 5.97 Å². The van der Waals surface area contributed by atoms with Gasteiger partial charge in [0.05, 0.1) is 12.2 Å². The van der Waals surface area contributed by atoms with Gasteiger partial charge in [-0.1, -0.05) is 6.07 Å². The second kappa shape index (κ2) is 5.27. The van der Waals surface area contributed by atoms with Crippen LogP contribution in [0.3, 0.4) is 0 Å². The van der Waals surface area contributed by atoms with Crippen molar-refractivity contribution in [1.82, 2.24) is 5.32 Å². The van der Waals surface area contributed by atoms with Crippen LogP contribution in [0.2, 0.25) is 0 Å². The molecule has 4 nitrogen and oxygen atoms in total. The first-order valence-electron chi connectivity index (χ1n) is 6.58. The number of benzene rings is 1. The molecule has 1 saturated carbocycles. The highest BCUT2D eigenvalue weighted by Gasteiger charge is 2.26. The first kappa shape index (κ1) is 12.6. The van der Waals surface area contributed by atoms with Gasteiger partial charge >= 0.3 is 5.97 Å². The molecule has 102 valence electrons. The number of nitrogens with one attached hydrogen (secondary N) is 1. The lowest BCUT2D eigenvalue weighted by Crippen LogP contribution is -2.44. The highest BCUT2D eigenvalue weighted by molar-refractivity contribution is 5.89. The van der Waals surface area contributed by atoms with Gasteiger partial charge in [0.2, 0.25) is 0 Å². The monoisotopic (exact) mass is 265 g/mol. The highest BCUT2D eigenvalue weighted by Crippen LogP contribution is 2.40. The molecule has 2 fully saturated rings. The second-order valence-corrected chi connectivity index (χ2v) is 5.19. The Hall–Kier alpha value is -1.46. The Morgan fingerprint density at radius 1 is 1.37 bits per heavy atom. The predicted molar refractivity (Wildman–Crippen MR) is 66.1 cm³/mol. The van der Waals surface area contributed by atoms with Gasteiger partial charge in [-0.15, -0.1) is 0 Å². The van der Waals surface area contributed by atoms with Crippen LogP contribution in [0, 0.1) is 11.7 Å². The molecule has 0 amide bonds. The number of hydrogen-bond donors (Lipinski definition) is 1. The summed E-state index contributed by atoms with van der Waals surface area (Å²) < 4.78 is 13.6. The molecule has 1 aromatic rings. The number of carbonyl (C=O) groups is 1. The summed E-state index contributed by atoms with van der Waals surface area (Å²) in [5.41, 5.74) is 0.952. The average Bonchev–Trinajstić information content (AvgIpc) is 3.17. The third-order valence-corrected chi connectivity index (χ3v) is 3.56. The van der Waals surface area contributed by atoms with Crippen LogP contribution in [0.4, 0.5) is 4.39 Å². The normalized spacial score (nSPS) is 19.0. The Morgan fingerprint density at radius 3 is 2.79 bits per heavy atom. The van der Waals surface area contributed by atoms with Crippen molar-refractivity contribution < 1.29 is 19.0 Å². The molecule has 1 saturated heterocycles.